The summed E-state index contributed by atoms with van der Waals surface area (Å²) in [7, 11) is 1.67. The number of piperidine rings is 1. The van der Waals surface area contributed by atoms with E-state index in [2.05, 4.69) is 21.3 Å². The van der Waals surface area contributed by atoms with Crippen LogP contribution in [-0.2, 0) is 6.54 Å². The Balaban J connectivity index is 1.30. The molecule has 3 aliphatic carbocycles. The number of imidazole rings is 1. The average molecular weight is 526 g/mol. The van der Waals surface area contributed by atoms with Gasteiger partial charge in [0, 0.05) is 54.4 Å². The van der Waals surface area contributed by atoms with E-state index in [-0.39, 0.29) is 30.1 Å². The zero-order valence-corrected chi connectivity index (χ0v) is 22.3. The molecule has 0 spiro atoms. The van der Waals surface area contributed by atoms with Crippen molar-refractivity contribution in [2.24, 2.45) is 23.3 Å². The maximum atomic E-state index is 13.8. The van der Waals surface area contributed by atoms with E-state index in [1.54, 1.807) is 7.11 Å². The van der Waals surface area contributed by atoms with Gasteiger partial charge < -0.3 is 30.2 Å². The number of methoxy groups -OCH3 is 1. The van der Waals surface area contributed by atoms with E-state index in [0.29, 0.717) is 23.1 Å². The minimum absolute atomic E-state index is 0.0201. The Hall–Kier alpha value is -3.43. The quantitative estimate of drug-likeness (QED) is 0.397. The van der Waals surface area contributed by atoms with Gasteiger partial charge in [-0.25, -0.2) is 9.97 Å². The van der Waals surface area contributed by atoms with Crippen molar-refractivity contribution in [1.82, 2.24) is 24.0 Å². The van der Waals surface area contributed by atoms with Gasteiger partial charge in [-0.05, 0) is 80.7 Å². The maximum Gasteiger partial charge on any atom is 0.254 e. The number of carbonyl (C=O) groups excluding carboxylic acids is 1. The first-order chi connectivity index (χ1) is 19.0. The molecule has 3 saturated carbocycles. The summed E-state index contributed by atoms with van der Waals surface area (Å²) in [6, 6.07) is 10.8. The van der Waals surface area contributed by atoms with Crippen molar-refractivity contribution in [3.8, 4) is 17.3 Å². The Kier molecular flexibility index (Phi) is 5.13. The Morgan fingerprint density at radius 1 is 1.13 bits per heavy atom. The monoisotopic (exact) mass is 525 g/mol. The van der Waals surface area contributed by atoms with Crippen LogP contribution in [0.25, 0.3) is 33.6 Å². The number of hydrogen-bond donors (Lipinski definition) is 2. The summed E-state index contributed by atoms with van der Waals surface area (Å²) in [6.45, 7) is 1.67. The van der Waals surface area contributed by atoms with Crippen LogP contribution in [0.1, 0.15) is 54.9 Å². The summed E-state index contributed by atoms with van der Waals surface area (Å²) < 4.78 is 10.6. The summed E-state index contributed by atoms with van der Waals surface area (Å²) in [4.78, 5) is 25.7. The van der Waals surface area contributed by atoms with E-state index >= 15 is 0 Å². The molecule has 202 valence electrons. The lowest BCUT2D eigenvalue weighted by atomic mass is 9.87. The highest BCUT2D eigenvalue weighted by molar-refractivity contribution is 6.00. The van der Waals surface area contributed by atoms with Gasteiger partial charge in [-0.15, -0.1) is 0 Å². The Morgan fingerprint density at radius 2 is 1.97 bits per heavy atom. The number of aromatic nitrogens is 4. The molecule has 4 fully saturated rings. The van der Waals surface area contributed by atoms with Crippen LogP contribution in [0.2, 0.25) is 0 Å². The van der Waals surface area contributed by atoms with Crippen LogP contribution in [0.4, 0.5) is 0 Å². The molecule has 1 amide bonds. The lowest BCUT2D eigenvalue weighted by Gasteiger charge is -2.35. The molecule has 9 heteroatoms. The fraction of sp³-hybridized carbons (Fsp3) is 0.500. The fourth-order valence-electron chi connectivity index (χ4n) is 7.31. The van der Waals surface area contributed by atoms with Crippen LogP contribution in [0.3, 0.4) is 0 Å². The van der Waals surface area contributed by atoms with Gasteiger partial charge in [0.2, 0.25) is 0 Å². The van der Waals surface area contributed by atoms with E-state index in [1.807, 2.05) is 29.3 Å². The molecule has 4 aromatic rings. The predicted molar refractivity (Wildman–Crippen MR) is 150 cm³/mol. The molecule has 1 saturated heterocycles. The van der Waals surface area contributed by atoms with Gasteiger partial charge in [0.15, 0.2) is 5.82 Å². The van der Waals surface area contributed by atoms with Crippen LogP contribution in [0.15, 0.2) is 36.5 Å². The van der Waals surface area contributed by atoms with E-state index in [1.165, 1.54) is 12.8 Å². The summed E-state index contributed by atoms with van der Waals surface area (Å²) in [6.07, 6.45) is 8.23. The molecule has 9 nitrogen and oxygen atoms in total. The normalized spacial score (nSPS) is 28.0. The second kappa shape index (κ2) is 8.53. The second-order valence-corrected chi connectivity index (χ2v) is 12.2. The molecule has 8 rings (SSSR count). The third-order valence-corrected chi connectivity index (χ3v) is 9.67. The molecule has 2 unspecified atom stereocenters. The lowest BCUT2D eigenvalue weighted by Crippen LogP contribution is -2.41. The molecule has 1 aromatic carbocycles. The van der Waals surface area contributed by atoms with Gasteiger partial charge in [-0.1, -0.05) is 0 Å². The number of fused-ring (bicyclic) bond motifs is 4. The molecule has 39 heavy (non-hydrogen) atoms. The Morgan fingerprint density at radius 3 is 2.67 bits per heavy atom. The van der Waals surface area contributed by atoms with Crippen LogP contribution in [-0.4, -0.2) is 61.7 Å². The van der Waals surface area contributed by atoms with Gasteiger partial charge in [-0.3, -0.25) is 4.79 Å². The average Bonchev–Trinajstić information content (AvgIpc) is 3.27. The first-order valence-electron chi connectivity index (χ1n) is 14.4. The number of benzene rings is 1. The molecule has 3 atom stereocenters. The standard InChI is InChI=1S/C30H35N7O2/c1-39-25-11-19(30(38)36-15-18-6-7-23(36)26(18)32)9-22-27(25)37(21-12-20(31)13-21)29(34-22)24-10-17-3-2-8-33-28(17)35(24)14-16-4-5-16/h2-3,8-11,16,18,20-21,23,26H,4-7,12-15,31-32H2,1H3/t18?,20?,21?,23?,26-/m1/s1. The van der Waals surface area contributed by atoms with E-state index in [9.17, 15) is 4.79 Å². The van der Waals surface area contributed by atoms with Crippen molar-refractivity contribution in [2.45, 2.75) is 69.2 Å². The Bertz CT molecular complexity index is 1610. The van der Waals surface area contributed by atoms with Crippen LogP contribution >= 0.6 is 0 Å². The zero-order chi connectivity index (χ0) is 26.4. The molecular weight excluding hydrogens is 490 g/mol. The fourth-order valence-corrected chi connectivity index (χ4v) is 7.31. The van der Waals surface area contributed by atoms with Crippen molar-refractivity contribution in [3.05, 3.63) is 42.1 Å². The predicted octanol–water partition coefficient (Wildman–Crippen LogP) is 3.70. The zero-order valence-electron chi connectivity index (χ0n) is 22.3. The van der Waals surface area contributed by atoms with Crippen molar-refractivity contribution < 1.29 is 9.53 Å². The SMILES string of the molecule is COc1cc(C(=O)N2CC3CCC2[C@@H]3N)cc2nc(-c3cc4cccnc4n3CC3CC3)n(C3CC(N)C3)c12. The summed E-state index contributed by atoms with van der Waals surface area (Å²) in [5, 5.41) is 1.11. The smallest absolute Gasteiger partial charge is 0.254 e. The van der Waals surface area contributed by atoms with Crippen LogP contribution < -0.4 is 16.2 Å². The first kappa shape index (κ1) is 23.5. The number of amides is 1. The molecule has 4 aliphatic rings. The topological polar surface area (TPSA) is 117 Å². The molecular formula is C30H35N7O2. The third kappa shape index (κ3) is 3.55. The van der Waals surface area contributed by atoms with Gasteiger partial charge in [0.1, 0.15) is 16.9 Å². The number of hydrogen-bond acceptors (Lipinski definition) is 6. The van der Waals surface area contributed by atoms with E-state index in [0.717, 1.165) is 72.4 Å². The number of ether oxygens (including phenoxy) is 1. The summed E-state index contributed by atoms with van der Waals surface area (Å²) >= 11 is 0. The number of carbonyl (C=O) groups is 1. The van der Waals surface area contributed by atoms with Gasteiger partial charge in [0.25, 0.3) is 5.91 Å². The number of pyridine rings is 1. The van der Waals surface area contributed by atoms with Gasteiger partial charge in [0.05, 0.1) is 18.3 Å². The van der Waals surface area contributed by atoms with Crippen molar-refractivity contribution >= 4 is 28.0 Å². The largest absolute Gasteiger partial charge is 0.494 e. The second-order valence-electron chi connectivity index (χ2n) is 12.2. The Labute approximate surface area is 227 Å². The van der Waals surface area contributed by atoms with Gasteiger partial charge in [-0.2, -0.15) is 0 Å². The summed E-state index contributed by atoms with van der Waals surface area (Å²) in [5.74, 6) is 2.67. The number of nitrogens with zero attached hydrogens (tertiary/aromatic N) is 5. The number of nitrogens with two attached hydrogens (primary N) is 2. The molecule has 4 N–H and O–H groups in total. The van der Waals surface area contributed by atoms with Crippen molar-refractivity contribution in [1.29, 1.82) is 0 Å². The van der Waals surface area contributed by atoms with E-state index < -0.39 is 0 Å². The number of rotatable bonds is 6. The van der Waals surface area contributed by atoms with E-state index in [4.69, 9.17) is 26.2 Å². The molecule has 2 bridgehead atoms. The highest BCUT2D eigenvalue weighted by Gasteiger charge is 2.47. The minimum Gasteiger partial charge on any atom is -0.494 e. The molecule has 3 aromatic heterocycles. The number of likely N-dealkylation sites (tertiary alicyclic amines) is 1. The lowest BCUT2D eigenvalue weighted by molar-refractivity contribution is 0.0700. The molecule has 4 heterocycles. The van der Waals surface area contributed by atoms with Crippen molar-refractivity contribution in [3.63, 3.8) is 0 Å². The third-order valence-electron chi connectivity index (χ3n) is 9.67. The van der Waals surface area contributed by atoms with Gasteiger partial charge >= 0.3 is 0 Å². The first-order valence-corrected chi connectivity index (χ1v) is 14.4. The minimum atomic E-state index is 0.0201. The van der Waals surface area contributed by atoms with Crippen molar-refractivity contribution in [2.75, 3.05) is 13.7 Å². The van der Waals surface area contributed by atoms with Crippen LogP contribution in [0, 0.1) is 11.8 Å². The summed E-state index contributed by atoms with van der Waals surface area (Å²) in [5.41, 5.74) is 17.1. The molecule has 0 radical (unpaired) electrons. The van der Waals surface area contributed by atoms with Crippen LogP contribution in [0.5, 0.6) is 5.75 Å². The maximum absolute atomic E-state index is 13.8. The highest BCUT2D eigenvalue weighted by Crippen LogP contribution is 2.44. The highest BCUT2D eigenvalue weighted by atomic mass is 16.5. The molecule has 1 aliphatic heterocycles.